The molecule has 0 amide bonds. The summed E-state index contributed by atoms with van der Waals surface area (Å²) in [5, 5.41) is 0. The number of ketones is 1. The van der Waals surface area contributed by atoms with Crippen LogP contribution < -0.4 is 0 Å². The lowest BCUT2D eigenvalue weighted by Gasteiger charge is -2.31. The van der Waals surface area contributed by atoms with Crippen LogP contribution in [0, 0.1) is 5.92 Å². The number of piperidine rings is 1. The Bertz CT molecular complexity index is 1090. The van der Waals surface area contributed by atoms with Crippen molar-refractivity contribution in [1.82, 2.24) is 4.31 Å². The number of Topliss-reactive ketones (excluding diaryl/α,β-unsaturated/α-hetero) is 1. The van der Waals surface area contributed by atoms with Crippen molar-refractivity contribution in [3.05, 3.63) is 90.5 Å². The number of sulfonamides is 1. The van der Waals surface area contributed by atoms with Gasteiger partial charge in [-0.15, -0.1) is 0 Å². The molecular weight excluding hydrogens is 382 g/mol. The van der Waals surface area contributed by atoms with Gasteiger partial charge in [-0.3, -0.25) is 4.79 Å². The van der Waals surface area contributed by atoms with Crippen LogP contribution in [0.1, 0.15) is 23.2 Å². The van der Waals surface area contributed by atoms with E-state index in [0.717, 1.165) is 5.56 Å². The van der Waals surface area contributed by atoms with Gasteiger partial charge in [0.05, 0.1) is 4.90 Å². The third-order valence-corrected chi connectivity index (χ3v) is 7.43. The lowest BCUT2D eigenvalue weighted by Crippen LogP contribution is -2.40. The summed E-state index contributed by atoms with van der Waals surface area (Å²) < 4.78 is 28.3. The fourth-order valence-electron chi connectivity index (χ4n) is 3.88. The van der Waals surface area contributed by atoms with Gasteiger partial charge in [-0.05, 0) is 24.5 Å². The predicted octanol–water partition coefficient (Wildman–Crippen LogP) is 4.64. The smallest absolute Gasteiger partial charge is 0.243 e. The Morgan fingerprint density at radius 2 is 1.31 bits per heavy atom. The van der Waals surface area contributed by atoms with Crippen molar-refractivity contribution in [1.29, 1.82) is 0 Å². The molecule has 1 fully saturated rings. The molecule has 0 atom stereocenters. The highest BCUT2D eigenvalue weighted by atomic mass is 32.2. The average molecular weight is 406 g/mol. The lowest BCUT2D eigenvalue weighted by atomic mass is 9.90. The first-order valence-corrected chi connectivity index (χ1v) is 11.3. The van der Waals surface area contributed by atoms with Crippen molar-refractivity contribution in [3.63, 3.8) is 0 Å². The van der Waals surface area contributed by atoms with Crippen LogP contribution in [0.3, 0.4) is 0 Å². The van der Waals surface area contributed by atoms with Gasteiger partial charge in [0, 0.05) is 30.1 Å². The molecule has 0 bridgehead atoms. The van der Waals surface area contributed by atoms with E-state index in [4.69, 9.17) is 0 Å². The molecular formula is C24H23NO3S. The van der Waals surface area contributed by atoms with Gasteiger partial charge in [0.2, 0.25) is 10.0 Å². The Kier molecular flexibility index (Phi) is 5.60. The zero-order valence-corrected chi connectivity index (χ0v) is 16.9. The van der Waals surface area contributed by atoms with Gasteiger partial charge in [0.1, 0.15) is 0 Å². The maximum Gasteiger partial charge on any atom is 0.243 e. The van der Waals surface area contributed by atoms with Crippen LogP contribution in [0.25, 0.3) is 11.1 Å². The Hall–Kier alpha value is -2.76. The molecule has 1 aliphatic rings. The van der Waals surface area contributed by atoms with E-state index in [1.807, 2.05) is 72.8 Å². The van der Waals surface area contributed by atoms with E-state index in [1.165, 1.54) is 4.31 Å². The van der Waals surface area contributed by atoms with Crippen molar-refractivity contribution in [2.24, 2.45) is 5.92 Å². The van der Waals surface area contributed by atoms with Crippen molar-refractivity contribution < 1.29 is 13.2 Å². The maximum atomic E-state index is 13.4. The van der Waals surface area contributed by atoms with Crippen LogP contribution in [0.2, 0.25) is 0 Å². The standard InChI is InChI=1S/C24H23NO3S/c26-24(20-11-5-2-6-12-20)21-15-17-25(18-16-21)29(27,28)23-14-8-7-13-22(23)19-9-3-1-4-10-19/h1-14,21H,15-18H2. The number of hydrogen-bond acceptors (Lipinski definition) is 3. The third-order valence-electron chi connectivity index (χ3n) is 5.47. The normalized spacial score (nSPS) is 15.9. The zero-order valence-electron chi connectivity index (χ0n) is 16.1. The highest BCUT2D eigenvalue weighted by molar-refractivity contribution is 7.89. The minimum atomic E-state index is -3.63. The van der Waals surface area contributed by atoms with E-state index in [0.29, 0.717) is 42.0 Å². The van der Waals surface area contributed by atoms with Gasteiger partial charge in [-0.2, -0.15) is 4.31 Å². The van der Waals surface area contributed by atoms with Crippen LogP contribution in [0.15, 0.2) is 89.8 Å². The van der Waals surface area contributed by atoms with E-state index in [-0.39, 0.29) is 11.7 Å². The van der Waals surface area contributed by atoms with Gasteiger partial charge in [0.15, 0.2) is 5.78 Å². The summed E-state index contributed by atoms with van der Waals surface area (Å²) in [6, 6.07) is 25.9. The molecule has 4 nitrogen and oxygen atoms in total. The number of benzene rings is 3. The summed E-state index contributed by atoms with van der Waals surface area (Å²) in [5.74, 6) is -0.0273. The van der Waals surface area contributed by atoms with E-state index >= 15 is 0 Å². The van der Waals surface area contributed by atoms with Crippen molar-refractivity contribution in [2.75, 3.05) is 13.1 Å². The lowest BCUT2D eigenvalue weighted by molar-refractivity contribution is 0.0875. The second-order valence-corrected chi connectivity index (χ2v) is 9.18. The Labute approximate surface area is 171 Å². The molecule has 0 saturated carbocycles. The van der Waals surface area contributed by atoms with Crippen LogP contribution in [-0.4, -0.2) is 31.6 Å². The van der Waals surface area contributed by atoms with E-state index in [9.17, 15) is 13.2 Å². The van der Waals surface area contributed by atoms with Gasteiger partial charge >= 0.3 is 0 Å². The minimum Gasteiger partial charge on any atom is -0.294 e. The van der Waals surface area contributed by atoms with Crippen LogP contribution in [-0.2, 0) is 10.0 Å². The van der Waals surface area contributed by atoms with E-state index < -0.39 is 10.0 Å². The first-order valence-electron chi connectivity index (χ1n) is 9.81. The first-order chi connectivity index (χ1) is 14.1. The SMILES string of the molecule is O=C(c1ccccc1)C1CCN(S(=O)(=O)c2ccccc2-c2ccccc2)CC1. The highest BCUT2D eigenvalue weighted by Gasteiger charge is 2.33. The summed E-state index contributed by atoms with van der Waals surface area (Å²) in [5.41, 5.74) is 2.28. The molecule has 4 rings (SSSR count). The van der Waals surface area contributed by atoms with Crippen molar-refractivity contribution in [2.45, 2.75) is 17.7 Å². The molecule has 1 aliphatic heterocycles. The summed E-state index contributed by atoms with van der Waals surface area (Å²) in [6.45, 7) is 0.712. The minimum absolute atomic E-state index is 0.104. The molecule has 1 heterocycles. The summed E-state index contributed by atoms with van der Waals surface area (Å²) in [7, 11) is -3.63. The van der Waals surface area contributed by atoms with Crippen LogP contribution >= 0.6 is 0 Å². The first kappa shape index (κ1) is 19.6. The molecule has 0 unspecified atom stereocenters. The number of nitrogens with zero attached hydrogens (tertiary/aromatic N) is 1. The predicted molar refractivity (Wildman–Crippen MR) is 114 cm³/mol. The fourth-order valence-corrected chi connectivity index (χ4v) is 5.57. The molecule has 29 heavy (non-hydrogen) atoms. The fraction of sp³-hybridized carbons (Fsp3) is 0.208. The Balaban J connectivity index is 1.54. The number of carbonyl (C=O) groups excluding carboxylic acids is 1. The number of rotatable bonds is 5. The maximum absolute atomic E-state index is 13.4. The largest absolute Gasteiger partial charge is 0.294 e. The monoisotopic (exact) mass is 405 g/mol. The third kappa shape index (κ3) is 4.02. The Morgan fingerprint density at radius 3 is 1.97 bits per heavy atom. The summed E-state index contributed by atoms with van der Waals surface area (Å²) in [6.07, 6.45) is 1.08. The molecule has 0 aliphatic carbocycles. The van der Waals surface area contributed by atoms with Gasteiger partial charge in [-0.25, -0.2) is 8.42 Å². The topological polar surface area (TPSA) is 54.5 Å². The number of carbonyl (C=O) groups is 1. The Morgan fingerprint density at radius 1 is 0.759 bits per heavy atom. The zero-order chi connectivity index (χ0) is 20.3. The van der Waals surface area contributed by atoms with E-state index in [2.05, 4.69) is 0 Å². The molecule has 0 spiro atoms. The van der Waals surface area contributed by atoms with Crippen LogP contribution in [0.5, 0.6) is 0 Å². The number of hydrogen-bond donors (Lipinski definition) is 0. The summed E-state index contributed by atoms with van der Waals surface area (Å²) >= 11 is 0. The van der Waals surface area contributed by atoms with Crippen molar-refractivity contribution >= 4 is 15.8 Å². The van der Waals surface area contributed by atoms with Crippen LogP contribution in [0.4, 0.5) is 0 Å². The molecule has 1 saturated heterocycles. The average Bonchev–Trinajstić information content (AvgIpc) is 2.80. The molecule has 3 aromatic rings. The second kappa shape index (κ2) is 8.31. The molecule has 0 aromatic heterocycles. The quantitative estimate of drug-likeness (QED) is 0.581. The molecule has 148 valence electrons. The van der Waals surface area contributed by atoms with Gasteiger partial charge in [0.25, 0.3) is 0 Å². The van der Waals surface area contributed by atoms with Gasteiger partial charge < -0.3 is 0 Å². The highest BCUT2D eigenvalue weighted by Crippen LogP contribution is 2.32. The van der Waals surface area contributed by atoms with Gasteiger partial charge in [-0.1, -0.05) is 78.9 Å². The molecule has 3 aromatic carbocycles. The summed E-state index contributed by atoms with van der Waals surface area (Å²) in [4.78, 5) is 13.0. The molecule has 5 heteroatoms. The molecule has 0 N–H and O–H groups in total. The second-order valence-electron chi connectivity index (χ2n) is 7.27. The molecule has 0 radical (unpaired) electrons. The van der Waals surface area contributed by atoms with E-state index in [1.54, 1.807) is 12.1 Å². The van der Waals surface area contributed by atoms with Crippen molar-refractivity contribution in [3.8, 4) is 11.1 Å².